The number of carbonyl (C=O) groups excluding carboxylic acids is 2. The largest absolute Gasteiger partial charge is 0.497 e. The molecule has 1 aromatic rings. The van der Waals surface area contributed by atoms with Crippen molar-refractivity contribution in [3.63, 3.8) is 0 Å². The summed E-state index contributed by atoms with van der Waals surface area (Å²) in [6.45, 7) is 6.74. The normalized spacial score (nSPS) is 21.2. The summed E-state index contributed by atoms with van der Waals surface area (Å²) in [5.41, 5.74) is 0.543. The van der Waals surface area contributed by atoms with Crippen LogP contribution in [0.5, 0.6) is 5.75 Å². The van der Waals surface area contributed by atoms with Crippen molar-refractivity contribution in [3.8, 4) is 5.75 Å². The molecule has 1 aliphatic carbocycles. The zero-order chi connectivity index (χ0) is 20.1. The van der Waals surface area contributed by atoms with Gasteiger partial charge in [0.1, 0.15) is 17.0 Å². The highest BCUT2D eigenvalue weighted by Gasteiger charge is 2.52. The summed E-state index contributed by atoms with van der Waals surface area (Å²) in [5, 5.41) is 3.64. The van der Waals surface area contributed by atoms with Gasteiger partial charge in [0.25, 0.3) is 5.91 Å². The number of hydrogen-bond donors (Lipinski definition) is 1. The lowest BCUT2D eigenvalue weighted by Gasteiger charge is -2.52. The second-order valence-corrected chi connectivity index (χ2v) is 8.94. The Hall–Kier alpha value is -2.44. The first-order valence-corrected chi connectivity index (χ1v) is 10.0. The second kappa shape index (κ2) is 6.57. The van der Waals surface area contributed by atoms with E-state index < -0.39 is 11.3 Å². The number of amides is 2. The molecule has 7 nitrogen and oxygen atoms in total. The molecule has 2 heterocycles. The van der Waals surface area contributed by atoms with Crippen LogP contribution in [-0.4, -0.2) is 59.3 Å². The molecule has 2 fully saturated rings. The number of fused-ring (bicyclic) bond motifs is 1. The molecule has 3 aliphatic rings. The second-order valence-electron chi connectivity index (χ2n) is 8.94. The van der Waals surface area contributed by atoms with Crippen LogP contribution < -0.4 is 10.1 Å². The summed E-state index contributed by atoms with van der Waals surface area (Å²) >= 11 is 0. The first-order valence-electron chi connectivity index (χ1n) is 10.0. The molecule has 1 saturated heterocycles. The van der Waals surface area contributed by atoms with Crippen LogP contribution >= 0.6 is 0 Å². The van der Waals surface area contributed by atoms with Crippen LogP contribution in [-0.2, 0) is 4.74 Å². The predicted molar refractivity (Wildman–Crippen MR) is 106 cm³/mol. The van der Waals surface area contributed by atoms with Crippen LogP contribution in [0.3, 0.4) is 0 Å². The fourth-order valence-corrected chi connectivity index (χ4v) is 4.17. The molecule has 152 valence electrons. The maximum atomic E-state index is 13.4. The first kappa shape index (κ1) is 18.9. The molecule has 1 saturated carbocycles. The molecule has 4 rings (SSSR count). The number of likely N-dealkylation sites (tertiary alicyclic amines) is 1. The van der Waals surface area contributed by atoms with Crippen molar-refractivity contribution in [2.45, 2.75) is 63.8 Å². The Morgan fingerprint density at radius 3 is 2.46 bits per heavy atom. The lowest BCUT2D eigenvalue weighted by molar-refractivity contribution is -0.000130. The van der Waals surface area contributed by atoms with Crippen LogP contribution in [0.15, 0.2) is 18.2 Å². The van der Waals surface area contributed by atoms with Crippen molar-refractivity contribution in [1.29, 1.82) is 0 Å². The molecule has 7 heteroatoms. The number of ether oxygens (including phenoxy) is 2. The predicted octanol–water partition coefficient (Wildman–Crippen LogP) is 3.45. The summed E-state index contributed by atoms with van der Waals surface area (Å²) in [5.74, 6) is 0.737. The fraction of sp³-hybridized carbons (Fsp3) is 0.619. The maximum Gasteiger partial charge on any atom is 0.410 e. The highest BCUT2D eigenvalue weighted by atomic mass is 16.6. The van der Waals surface area contributed by atoms with Crippen molar-refractivity contribution in [3.05, 3.63) is 23.8 Å². The molecule has 0 radical (unpaired) electrons. The topological polar surface area (TPSA) is 71.1 Å². The number of benzene rings is 1. The number of nitrogens with one attached hydrogen (secondary N) is 1. The van der Waals surface area contributed by atoms with E-state index in [-0.39, 0.29) is 18.0 Å². The minimum absolute atomic E-state index is 0.0564. The van der Waals surface area contributed by atoms with Crippen molar-refractivity contribution in [1.82, 2.24) is 9.80 Å². The molecule has 0 unspecified atom stereocenters. The van der Waals surface area contributed by atoms with Gasteiger partial charge < -0.3 is 24.6 Å². The molecule has 0 aromatic heterocycles. The van der Waals surface area contributed by atoms with Gasteiger partial charge in [-0.2, -0.15) is 0 Å². The maximum absolute atomic E-state index is 13.4. The van der Waals surface area contributed by atoms with Crippen LogP contribution in [0.25, 0.3) is 0 Å². The minimum Gasteiger partial charge on any atom is -0.497 e. The van der Waals surface area contributed by atoms with Gasteiger partial charge in [-0.25, -0.2) is 4.79 Å². The number of hydrogen-bond acceptors (Lipinski definition) is 5. The van der Waals surface area contributed by atoms with Crippen LogP contribution in [0, 0.1) is 0 Å². The van der Waals surface area contributed by atoms with E-state index >= 15 is 0 Å². The Bertz CT molecular complexity index is 789. The van der Waals surface area contributed by atoms with Crippen molar-refractivity contribution in [2.24, 2.45) is 0 Å². The lowest BCUT2D eigenvalue weighted by Crippen LogP contribution is -2.65. The average Bonchev–Trinajstić information content (AvgIpc) is 3.45. The summed E-state index contributed by atoms with van der Waals surface area (Å²) in [4.78, 5) is 29.6. The zero-order valence-corrected chi connectivity index (χ0v) is 17.1. The molecule has 2 amide bonds. The van der Waals surface area contributed by atoms with E-state index in [2.05, 4.69) is 5.32 Å². The smallest absolute Gasteiger partial charge is 0.410 e. The van der Waals surface area contributed by atoms with Crippen LogP contribution in [0.4, 0.5) is 10.5 Å². The van der Waals surface area contributed by atoms with Gasteiger partial charge >= 0.3 is 6.09 Å². The van der Waals surface area contributed by atoms with E-state index in [0.717, 1.165) is 18.5 Å². The van der Waals surface area contributed by atoms with Gasteiger partial charge in [-0.1, -0.05) is 0 Å². The number of piperidine rings is 1. The Balaban J connectivity index is 1.57. The molecule has 1 spiro atoms. The number of anilines is 1. The van der Waals surface area contributed by atoms with Crippen LogP contribution in [0.2, 0.25) is 0 Å². The molecule has 2 aliphatic heterocycles. The summed E-state index contributed by atoms with van der Waals surface area (Å²) in [7, 11) is 1.61. The van der Waals surface area contributed by atoms with Gasteiger partial charge in [-0.15, -0.1) is 0 Å². The van der Waals surface area contributed by atoms with Gasteiger partial charge in [-0.05, 0) is 51.8 Å². The quantitative estimate of drug-likeness (QED) is 0.842. The van der Waals surface area contributed by atoms with E-state index in [4.69, 9.17) is 9.47 Å². The van der Waals surface area contributed by atoms with E-state index in [1.165, 1.54) is 0 Å². The minimum atomic E-state index is -0.511. The van der Waals surface area contributed by atoms with Crippen molar-refractivity contribution >= 4 is 17.7 Å². The van der Waals surface area contributed by atoms with Gasteiger partial charge in [0.15, 0.2) is 0 Å². The van der Waals surface area contributed by atoms with E-state index in [1.807, 2.05) is 43.9 Å². The Morgan fingerprint density at radius 2 is 1.89 bits per heavy atom. The number of carbonyl (C=O) groups is 2. The van der Waals surface area contributed by atoms with Gasteiger partial charge in [0.05, 0.1) is 12.7 Å². The van der Waals surface area contributed by atoms with Gasteiger partial charge in [-0.3, -0.25) is 4.79 Å². The van der Waals surface area contributed by atoms with E-state index in [1.54, 1.807) is 12.0 Å². The molecule has 0 atom stereocenters. The molecular formula is C21H29N3O4. The lowest BCUT2D eigenvalue weighted by atomic mass is 9.89. The van der Waals surface area contributed by atoms with Gasteiger partial charge in [0, 0.05) is 37.7 Å². The fourth-order valence-electron chi connectivity index (χ4n) is 4.17. The van der Waals surface area contributed by atoms with Gasteiger partial charge in [0.2, 0.25) is 0 Å². The molecule has 1 N–H and O–H groups in total. The molecule has 28 heavy (non-hydrogen) atoms. The molecule has 1 aromatic carbocycles. The van der Waals surface area contributed by atoms with Crippen LogP contribution in [0.1, 0.15) is 56.8 Å². The third-order valence-corrected chi connectivity index (χ3v) is 5.66. The highest BCUT2D eigenvalue weighted by Crippen LogP contribution is 2.44. The van der Waals surface area contributed by atoms with Crippen molar-refractivity contribution < 1.29 is 19.1 Å². The average molecular weight is 387 g/mol. The van der Waals surface area contributed by atoms with E-state index in [0.29, 0.717) is 37.2 Å². The number of methoxy groups -OCH3 is 1. The Kier molecular flexibility index (Phi) is 4.43. The summed E-state index contributed by atoms with van der Waals surface area (Å²) in [6, 6.07) is 5.86. The Labute approximate surface area is 166 Å². The number of rotatable bonds is 2. The zero-order valence-electron chi connectivity index (χ0n) is 17.1. The molecular weight excluding hydrogens is 358 g/mol. The third kappa shape index (κ3) is 3.38. The monoisotopic (exact) mass is 387 g/mol. The highest BCUT2D eigenvalue weighted by molar-refractivity contribution is 6.03. The van der Waals surface area contributed by atoms with E-state index in [9.17, 15) is 9.59 Å². The summed E-state index contributed by atoms with van der Waals surface area (Å²) < 4.78 is 10.8. The Morgan fingerprint density at radius 1 is 1.21 bits per heavy atom. The third-order valence-electron chi connectivity index (χ3n) is 5.66. The molecule has 0 bridgehead atoms. The first-order chi connectivity index (χ1) is 13.2. The van der Waals surface area contributed by atoms with Crippen molar-refractivity contribution in [2.75, 3.05) is 25.5 Å². The SMILES string of the molecule is COc1ccc2c(c1)C(=O)N(C1CC1)C1(CCN(C(=O)OC(C)(C)C)CC1)N2. The number of nitrogens with zero attached hydrogens (tertiary/aromatic N) is 2. The summed E-state index contributed by atoms with van der Waals surface area (Å²) in [6.07, 6.45) is 3.14. The standard InChI is InChI=1S/C21H29N3O4/c1-20(2,3)28-19(26)23-11-9-21(10-12-23)22-17-8-7-15(27-4)13-16(17)18(25)24(21)14-5-6-14/h7-8,13-14,22H,5-6,9-12H2,1-4H3.